The first kappa shape index (κ1) is 29.8. The zero-order valence-electron chi connectivity index (χ0n) is 21.8. The number of nitrogens with zero attached hydrogens (tertiary/aromatic N) is 3. The van der Waals surface area contributed by atoms with E-state index >= 15 is 0 Å². The number of hydrogen-bond acceptors (Lipinski definition) is 7. The highest BCUT2D eigenvalue weighted by molar-refractivity contribution is 9.10. The summed E-state index contributed by atoms with van der Waals surface area (Å²) < 4.78 is 29.2. The van der Waals surface area contributed by atoms with E-state index in [2.05, 4.69) is 25.9 Å². The molecule has 0 radical (unpaired) electrons. The van der Waals surface area contributed by atoms with E-state index in [4.69, 9.17) is 31.1 Å². The molecule has 7 nitrogen and oxygen atoms in total. The number of nitriles is 1. The van der Waals surface area contributed by atoms with E-state index in [0.29, 0.717) is 34.1 Å². The number of aromatic nitrogens is 2. The Morgan fingerprint density at radius 2 is 1.90 bits per heavy atom. The molecule has 202 valence electrons. The van der Waals surface area contributed by atoms with Crippen molar-refractivity contribution in [2.45, 2.75) is 32.8 Å². The number of benzene rings is 2. The monoisotopic (exact) mass is 613 g/mol. The first-order valence-corrected chi connectivity index (χ1v) is 12.9. The van der Waals surface area contributed by atoms with Crippen molar-refractivity contribution in [3.05, 3.63) is 87.5 Å². The lowest BCUT2D eigenvalue weighted by Gasteiger charge is -2.31. The van der Waals surface area contributed by atoms with E-state index in [0.717, 1.165) is 21.1 Å². The average molecular weight is 615 g/mol. The Balaban J connectivity index is 0.000000170. The Kier molecular flexibility index (Phi) is 10.2. The summed E-state index contributed by atoms with van der Waals surface area (Å²) in [5.41, 5.74) is 1.50. The van der Waals surface area contributed by atoms with Crippen molar-refractivity contribution in [3.63, 3.8) is 0 Å². The van der Waals surface area contributed by atoms with Gasteiger partial charge in [-0.2, -0.15) is 9.65 Å². The molecule has 0 bridgehead atoms. The maximum atomic E-state index is 12.4. The van der Waals surface area contributed by atoms with Gasteiger partial charge in [0.2, 0.25) is 5.95 Å². The highest BCUT2D eigenvalue weighted by Gasteiger charge is 2.32. The largest absolute Gasteiger partial charge is 0.497 e. The summed E-state index contributed by atoms with van der Waals surface area (Å²) in [5.74, 6) is 1.53. The molecule has 0 saturated carbocycles. The van der Waals surface area contributed by atoms with E-state index in [1.165, 1.54) is 6.20 Å². The highest BCUT2D eigenvalue weighted by Crippen LogP contribution is 2.35. The van der Waals surface area contributed by atoms with Crippen LogP contribution in [0.5, 0.6) is 17.2 Å². The van der Waals surface area contributed by atoms with Crippen molar-refractivity contribution in [1.82, 2.24) is 9.97 Å². The van der Waals surface area contributed by atoms with Gasteiger partial charge in [0.15, 0.2) is 12.4 Å². The number of ether oxygens (including phenoxy) is 3. The lowest BCUT2D eigenvalue weighted by Crippen LogP contribution is -2.35. The van der Waals surface area contributed by atoms with E-state index in [-0.39, 0.29) is 12.4 Å². The second-order valence-electron chi connectivity index (χ2n) is 9.00. The van der Waals surface area contributed by atoms with Crippen molar-refractivity contribution in [2.75, 3.05) is 13.7 Å². The molecule has 4 aromatic rings. The molecule has 0 atom stereocenters. The minimum absolute atomic E-state index is 0.0177. The van der Waals surface area contributed by atoms with Crippen LogP contribution in [0.15, 0.2) is 65.4 Å². The minimum atomic E-state index is -0.488. The molecule has 0 fully saturated rings. The summed E-state index contributed by atoms with van der Waals surface area (Å²) in [6.45, 7) is 5.40. The second kappa shape index (κ2) is 13.4. The smallest absolute Gasteiger partial charge is 0.215 e. The summed E-state index contributed by atoms with van der Waals surface area (Å²) in [6, 6.07) is 16.0. The number of aryl methyl sites for hydroxylation is 1. The highest BCUT2D eigenvalue weighted by atomic mass is 79.9. The molecular weight excluding hydrogens is 589 g/mol. The third-order valence-corrected chi connectivity index (χ3v) is 6.17. The number of Topliss-reactive ketones (excluding diaryl/α,β-unsaturated/α-hetero) is 1. The van der Waals surface area contributed by atoms with Crippen LogP contribution >= 0.6 is 27.5 Å². The maximum Gasteiger partial charge on any atom is 0.215 e. The SMILES string of the molecule is CC1(C)CC(=O)c2ccc(OCC#N)cc2O1.COc1ccc2c(Cl)ccnc2c1.Cc1cc(Br)cnc1F. The summed E-state index contributed by atoms with van der Waals surface area (Å²) in [4.78, 5) is 19.5. The fourth-order valence-corrected chi connectivity index (χ4v) is 4.24. The maximum absolute atomic E-state index is 12.4. The van der Waals surface area contributed by atoms with Gasteiger partial charge in [-0.15, -0.1) is 0 Å². The first-order valence-electron chi connectivity index (χ1n) is 11.7. The molecular formula is C29H26BrClFN3O4. The Hall–Kier alpha value is -3.74. The number of pyridine rings is 2. The van der Waals surface area contributed by atoms with E-state index < -0.39 is 11.5 Å². The van der Waals surface area contributed by atoms with Gasteiger partial charge in [-0.3, -0.25) is 9.78 Å². The van der Waals surface area contributed by atoms with Gasteiger partial charge >= 0.3 is 0 Å². The molecule has 5 rings (SSSR count). The van der Waals surface area contributed by atoms with Gasteiger partial charge in [0.25, 0.3) is 0 Å². The zero-order valence-corrected chi connectivity index (χ0v) is 24.1. The van der Waals surface area contributed by atoms with Gasteiger partial charge in [0.1, 0.15) is 28.9 Å². The number of carbonyl (C=O) groups is 1. The number of ketones is 1. The number of rotatable bonds is 3. The normalized spacial score (nSPS) is 12.9. The number of carbonyl (C=O) groups excluding carboxylic acids is 1. The van der Waals surface area contributed by atoms with Crippen molar-refractivity contribution in [2.24, 2.45) is 0 Å². The lowest BCUT2D eigenvalue weighted by atomic mass is 9.93. The Labute approximate surface area is 239 Å². The molecule has 3 heterocycles. The van der Waals surface area contributed by atoms with Gasteiger partial charge in [0, 0.05) is 39.9 Å². The third-order valence-electron chi connectivity index (χ3n) is 5.41. The van der Waals surface area contributed by atoms with Crippen molar-refractivity contribution in [3.8, 4) is 23.3 Å². The summed E-state index contributed by atoms with van der Waals surface area (Å²) in [7, 11) is 1.63. The van der Waals surface area contributed by atoms with Crippen LogP contribution in [0.4, 0.5) is 4.39 Å². The van der Waals surface area contributed by atoms with Crippen molar-refractivity contribution in [1.29, 1.82) is 5.26 Å². The van der Waals surface area contributed by atoms with Crippen LogP contribution in [0.3, 0.4) is 0 Å². The number of fused-ring (bicyclic) bond motifs is 2. The molecule has 0 saturated heterocycles. The van der Waals surface area contributed by atoms with Crippen LogP contribution < -0.4 is 14.2 Å². The number of halogens is 3. The molecule has 2 aromatic heterocycles. The van der Waals surface area contributed by atoms with Crippen molar-refractivity contribution < 1.29 is 23.4 Å². The van der Waals surface area contributed by atoms with Crippen LogP contribution in [0.25, 0.3) is 10.9 Å². The molecule has 10 heteroatoms. The van der Waals surface area contributed by atoms with Gasteiger partial charge in [-0.1, -0.05) is 11.6 Å². The first-order chi connectivity index (χ1) is 18.5. The number of hydrogen-bond donors (Lipinski definition) is 0. The Morgan fingerprint density at radius 3 is 2.56 bits per heavy atom. The number of methoxy groups -OCH3 is 1. The predicted molar refractivity (Wildman–Crippen MR) is 151 cm³/mol. The molecule has 1 aliphatic heterocycles. The van der Waals surface area contributed by atoms with Gasteiger partial charge in [-0.25, -0.2) is 4.98 Å². The summed E-state index contributed by atoms with van der Waals surface area (Å²) in [6.07, 6.45) is 3.49. The van der Waals surface area contributed by atoms with Crippen LogP contribution in [0, 0.1) is 24.2 Å². The van der Waals surface area contributed by atoms with Gasteiger partial charge in [0.05, 0.1) is 29.6 Å². The van der Waals surface area contributed by atoms with Crippen LogP contribution in [-0.4, -0.2) is 35.1 Å². The molecule has 0 aliphatic carbocycles. The fourth-order valence-electron chi connectivity index (χ4n) is 3.58. The van der Waals surface area contributed by atoms with Gasteiger partial charge < -0.3 is 14.2 Å². The van der Waals surface area contributed by atoms with E-state index in [1.807, 2.05) is 38.1 Å². The molecule has 0 amide bonds. The van der Waals surface area contributed by atoms with Crippen LogP contribution in [0.1, 0.15) is 36.2 Å². The average Bonchev–Trinajstić information content (AvgIpc) is 2.89. The molecule has 0 spiro atoms. The van der Waals surface area contributed by atoms with Crippen LogP contribution in [0.2, 0.25) is 5.02 Å². The topological polar surface area (TPSA) is 94.3 Å². The molecule has 1 aliphatic rings. The summed E-state index contributed by atoms with van der Waals surface area (Å²) >= 11 is 9.14. The van der Waals surface area contributed by atoms with E-state index in [9.17, 15) is 9.18 Å². The third kappa shape index (κ3) is 8.37. The molecule has 0 unspecified atom stereocenters. The molecule has 0 N–H and O–H groups in total. The quantitative estimate of drug-likeness (QED) is 0.220. The Morgan fingerprint density at radius 1 is 1.15 bits per heavy atom. The Bertz CT molecular complexity index is 1520. The molecule has 2 aromatic carbocycles. The second-order valence-corrected chi connectivity index (χ2v) is 10.3. The van der Waals surface area contributed by atoms with Crippen LogP contribution in [-0.2, 0) is 0 Å². The standard InChI is InChI=1S/C13H13NO3.C10H8ClNO.C6H5BrFN/c1-13(2)8-11(15)10-4-3-9(16-6-5-14)7-12(10)17-13;1-13-7-2-3-8-9(11)4-5-12-10(8)6-7;1-4-2-5(7)3-9-6(4)8/h3-4,7H,6,8H2,1-2H3;2-6H,1H3;2-3H,1H3. The van der Waals surface area contributed by atoms with Crippen molar-refractivity contribution >= 4 is 44.2 Å². The van der Waals surface area contributed by atoms with E-state index in [1.54, 1.807) is 50.6 Å². The zero-order chi connectivity index (χ0) is 28.6. The molecule has 39 heavy (non-hydrogen) atoms. The minimum Gasteiger partial charge on any atom is -0.497 e. The van der Waals surface area contributed by atoms with Gasteiger partial charge in [-0.05, 0) is 73.1 Å². The summed E-state index contributed by atoms with van der Waals surface area (Å²) in [5, 5.41) is 10.1. The lowest BCUT2D eigenvalue weighted by molar-refractivity contribution is 0.0618. The predicted octanol–water partition coefficient (Wildman–Crippen LogP) is 7.52. The fraction of sp³-hybridized carbons (Fsp3) is 0.241.